The molecule has 0 aliphatic rings. The van der Waals surface area contributed by atoms with Crippen molar-refractivity contribution in [2.75, 3.05) is 30.9 Å². The van der Waals surface area contributed by atoms with Crippen LogP contribution in [0.1, 0.15) is 5.56 Å². The van der Waals surface area contributed by atoms with Gasteiger partial charge in [0.1, 0.15) is 12.4 Å². The van der Waals surface area contributed by atoms with Crippen molar-refractivity contribution in [1.82, 2.24) is 0 Å². The van der Waals surface area contributed by atoms with Gasteiger partial charge in [0.05, 0.1) is 23.4 Å². The van der Waals surface area contributed by atoms with Crippen LogP contribution in [-0.2, 0) is 19.6 Å². The molecule has 0 radical (unpaired) electrons. The fourth-order valence-corrected chi connectivity index (χ4v) is 3.15. The van der Waals surface area contributed by atoms with Crippen LogP contribution in [0.5, 0.6) is 5.75 Å². The van der Waals surface area contributed by atoms with Gasteiger partial charge in [0.25, 0.3) is 10.0 Å². The Morgan fingerprint density at radius 1 is 1.04 bits per heavy atom. The summed E-state index contributed by atoms with van der Waals surface area (Å²) < 4.78 is 37.5. The lowest BCUT2D eigenvalue weighted by atomic mass is 10.2. The maximum absolute atomic E-state index is 12.6. The fraction of sp³-hybridized carbons (Fsp3) is 0.235. The van der Waals surface area contributed by atoms with Gasteiger partial charge in [-0.15, -0.1) is 0 Å². The summed E-state index contributed by atoms with van der Waals surface area (Å²) in [6, 6.07) is 11.1. The number of ether oxygens (including phenoxy) is 2. The van der Waals surface area contributed by atoms with Crippen molar-refractivity contribution in [3.8, 4) is 5.75 Å². The number of amides is 1. The van der Waals surface area contributed by atoms with Gasteiger partial charge in [-0.3, -0.25) is 9.52 Å². The highest BCUT2D eigenvalue weighted by Crippen LogP contribution is 2.29. The maximum Gasteiger partial charge on any atom is 0.261 e. The third-order valence-electron chi connectivity index (χ3n) is 3.35. The minimum atomic E-state index is -3.81. The van der Waals surface area contributed by atoms with E-state index in [0.29, 0.717) is 11.4 Å². The number of methoxy groups -OCH3 is 2. The van der Waals surface area contributed by atoms with E-state index in [9.17, 15) is 13.2 Å². The van der Waals surface area contributed by atoms with Crippen LogP contribution in [0.25, 0.3) is 0 Å². The number of carbonyl (C=O) groups excluding carboxylic acids is 1. The zero-order valence-corrected chi connectivity index (χ0v) is 15.0. The second-order valence-electron chi connectivity index (χ2n) is 5.31. The molecule has 2 aromatic carbocycles. The number of hydrogen-bond acceptors (Lipinski definition) is 5. The largest absolute Gasteiger partial charge is 0.497 e. The van der Waals surface area contributed by atoms with E-state index in [0.717, 1.165) is 5.56 Å². The van der Waals surface area contributed by atoms with Crippen LogP contribution in [0.15, 0.2) is 47.4 Å². The predicted molar refractivity (Wildman–Crippen MR) is 95.5 cm³/mol. The molecule has 0 heterocycles. The minimum absolute atomic E-state index is 0.120. The number of sulfonamides is 1. The molecule has 0 aliphatic carbocycles. The number of rotatable bonds is 7. The van der Waals surface area contributed by atoms with E-state index < -0.39 is 15.9 Å². The average Bonchev–Trinajstić information content (AvgIpc) is 2.56. The molecule has 134 valence electrons. The van der Waals surface area contributed by atoms with Crippen molar-refractivity contribution in [3.05, 3.63) is 48.0 Å². The van der Waals surface area contributed by atoms with Gasteiger partial charge in [0.15, 0.2) is 0 Å². The van der Waals surface area contributed by atoms with Crippen molar-refractivity contribution in [3.63, 3.8) is 0 Å². The molecule has 2 N–H and O–H groups in total. The Morgan fingerprint density at radius 3 is 2.32 bits per heavy atom. The van der Waals surface area contributed by atoms with Gasteiger partial charge in [0, 0.05) is 13.2 Å². The van der Waals surface area contributed by atoms with E-state index in [2.05, 4.69) is 10.0 Å². The first-order valence-electron chi connectivity index (χ1n) is 7.42. The van der Waals surface area contributed by atoms with Gasteiger partial charge in [0.2, 0.25) is 5.91 Å². The highest BCUT2D eigenvalue weighted by Gasteiger charge is 2.17. The zero-order valence-electron chi connectivity index (χ0n) is 14.2. The van der Waals surface area contributed by atoms with Gasteiger partial charge in [-0.2, -0.15) is 0 Å². The second kappa shape index (κ2) is 8.00. The van der Waals surface area contributed by atoms with Crippen LogP contribution < -0.4 is 14.8 Å². The van der Waals surface area contributed by atoms with E-state index >= 15 is 0 Å². The van der Waals surface area contributed by atoms with E-state index in [-0.39, 0.29) is 17.2 Å². The molecular formula is C17H20N2O5S. The summed E-state index contributed by atoms with van der Waals surface area (Å²) in [6.07, 6.45) is 0. The highest BCUT2D eigenvalue weighted by molar-refractivity contribution is 7.92. The Bertz CT molecular complexity index is 848. The van der Waals surface area contributed by atoms with Crippen molar-refractivity contribution in [2.24, 2.45) is 0 Å². The lowest BCUT2D eigenvalue weighted by molar-refractivity contribution is -0.119. The molecule has 0 spiro atoms. The first-order valence-corrected chi connectivity index (χ1v) is 8.90. The second-order valence-corrected chi connectivity index (χ2v) is 6.99. The standard InChI is InChI=1S/C17H20N2O5S/c1-12-4-7-14(8-5-12)25(21,22)19-16-10-13(24-3)6-9-15(16)18-17(20)11-23-2/h4-10,19H,11H2,1-3H3,(H,18,20). The predicted octanol–water partition coefficient (Wildman–Crippen LogP) is 2.39. The van der Waals surface area contributed by atoms with Crippen LogP contribution in [0.2, 0.25) is 0 Å². The average molecular weight is 364 g/mol. The molecular weight excluding hydrogens is 344 g/mol. The summed E-state index contributed by atoms with van der Waals surface area (Å²) in [6.45, 7) is 1.73. The number of carbonyl (C=O) groups is 1. The molecule has 8 heteroatoms. The van der Waals surface area contributed by atoms with Gasteiger partial charge < -0.3 is 14.8 Å². The lowest BCUT2D eigenvalue weighted by Gasteiger charge is -2.15. The molecule has 25 heavy (non-hydrogen) atoms. The van der Waals surface area contributed by atoms with Crippen LogP contribution in [0, 0.1) is 6.92 Å². The Balaban J connectivity index is 2.35. The number of aryl methyl sites for hydroxylation is 1. The van der Waals surface area contributed by atoms with Crippen LogP contribution >= 0.6 is 0 Å². The summed E-state index contributed by atoms with van der Waals surface area (Å²) in [5.41, 5.74) is 1.45. The summed E-state index contributed by atoms with van der Waals surface area (Å²) >= 11 is 0. The molecule has 0 aromatic heterocycles. The maximum atomic E-state index is 12.6. The molecule has 0 fully saturated rings. The highest BCUT2D eigenvalue weighted by atomic mass is 32.2. The number of hydrogen-bond donors (Lipinski definition) is 2. The van der Waals surface area contributed by atoms with E-state index in [4.69, 9.17) is 9.47 Å². The third-order valence-corrected chi connectivity index (χ3v) is 4.73. The van der Waals surface area contributed by atoms with Crippen molar-refractivity contribution in [1.29, 1.82) is 0 Å². The normalized spacial score (nSPS) is 11.0. The van der Waals surface area contributed by atoms with Crippen LogP contribution in [0.4, 0.5) is 11.4 Å². The lowest BCUT2D eigenvalue weighted by Crippen LogP contribution is -2.20. The third kappa shape index (κ3) is 4.94. The van der Waals surface area contributed by atoms with Crippen LogP contribution in [0.3, 0.4) is 0 Å². The molecule has 0 atom stereocenters. The number of nitrogens with one attached hydrogen (secondary N) is 2. The van der Waals surface area contributed by atoms with E-state index in [1.54, 1.807) is 24.3 Å². The first-order chi connectivity index (χ1) is 11.9. The SMILES string of the molecule is COCC(=O)Nc1ccc(OC)cc1NS(=O)(=O)c1ccc(C)cc1. The molecule has 0 aliphatic heterocycles. The van der Waals surface area contributed by atoms with Crippen molar-refractivity contribution in [2.45, 2.75) is 11.8 Å². The molecule has 2 aromatic rings. The molecule has 1 amide bonds. The Hall–Kier alpha value is -2.58. The summed E-state index contributed by atoms with van der Waals surface area (Å²) in [7, 11) is -0.947. The molecule has 0 bridgehead atoms. The fourth-order valence-electron chi connectivity index (χ4n) is 2.08. The number of anilines is 2. The smallest absolute Gasteiger partial charge is 0.261 e. The minimum Gasteiger partial charge on any atom is -0.497 e. The summed E-state index contributed by atoms with van der Waals surface area (Å²) in [5.74, 6) is 0.0507. The van der Waals surface area contributed by atoms with Gasteiger partial charge in [-0.25, -0.2) is 8.42 Å². The number of benzene rings is 2. The van der Waals surface area contributed by atoms with E-state index in [1.165, 1.54) is 32.4 Å². The molecule has 7 nitrogen and oxygen atoms in total. The van der Waals surface area contributed by atoms with Gasteiger partial charge >= 0.3 is 0 Å². The van der Waals surface area contributed by atoms with Crippen molar-refractivity contribution < 1.29 is 22.7 Å². The summed E-state index contributed by atoms with van der Waals surface area (Å²) in [4.78, 5) is 11.9. The van der Waals surface area contributed by atoms with Gasteiger partial charge in [-0.1, -0.05) is 17.7 Å². The Labute approximate surface area is 147 Å². The monoisotopic (exact) mass is 364 g/mol. The molecule has 0 saturated carbocycles. The first kappa shape index (κ1) is 18.8. The molecule has 0 unspecified atom stereocenters. The quantitative estimate of drug-likeness (QED) is 0.787. The summed E-state index contributed by atoms with van der Waals surface area (Å²) in [5, 5.41) is 2.60. The molecule has 0 saturated heterocycles. The van der Waals surface area contributed by atoms with E-state index in [1.807, 2.05) is 6.92 Å². The Morgan fingerprint density at radius 2 is 1.72 bits per heavy atom. The van der Waals surface area contributed by atoms with Crippen molar-refractivity contribution >= 4 is 27.3 Å². The Kier molecular flexibility index (Phi) is 6.00. The van der Waals surface area contributed by atoms with Gasteiger partial charge in [-0.05, 0) is 31.2 Å². The molecule has 2 rings (SSSR count). The zero-order chi connectivity index (χ0) is 18.4. The topological polar surface area (TPSA) is 93.7 Å². The van der Waals surface area contributed by atoms with Crippen LogP contribution in [-0.4, -0.2) is 35.2 Å².